The number of aliphatic hydroxyl groups is 1. The van der Waals surface area contributed by atoms with Crippen LogP contribution in [0.1, 0.15) is 31.4 Å². The smallest absolute Gasteiger partial charge is 0.306 e. The number of para-hydroxylation sites is 1. The Morgan fingerprint density at radius 3 is 2.64 bits per heavy atom. The van der Waals surface area contributed by atoms with Gasteiger partial charge in [-0.2, -0.15) is 0 Å². The lowest BCUT2D eigenvalue weighted by molar-refractivity contribution is -0.151. The average Bonchev–Trinajstić information content (AvgIpc) is 3.68. The van der Waals surface area contributed by atoms with E-state index >= 15 is 0 Å². The van der Waals surface area contributed by atoms with Gasteiger partial charge in [-0.25, -0.2) is 4.68 Å². The summed E-state index contributed by atoms with van der Waals surface area (Å²) in [5.74, 6) is -3.78. The standard InChI is InChI=1S/C34H36N6O7/c1-21(18-41)40-30-33(45)38(20-39-25-13-6-5-12-23(25)36-37-39)17-9-16-34(30)29(32(40)44)28-26(47-34)14-7-8-15-27(42)46-19-24(35-31(28)43)22-10-3-2-4-11-22/h2-7,9-14,16,21,24,26,28-30,41H,8,15,17-20H2,1H3,(H,35,43)/b14-7-/t21-,24-,26+,28-,29-,30+,34-/m1/s1. The fraction of sp³-hybridized carbons (Fsp3) is 0.412. The highest BCUT2D eigenvalue weighted by Crippen LogP contribution is 2.53. The Morgan fingerprint density at radius 1 is 1.04 bits per heavy atom. The van der Waals surface area contributed by atoms with E-state index in [0.717, 1.165) is 11.1 Å². The minimum Gasteiger partial charge on any atom is -0.463 e. The molecule has 2 aromatic carbocycles. The fourth-order valence-corrected chi connectivity index (χ4v) is 7.30. The predicted molar refractivity (Wildman–Crippen MR) is 167 cm³/mol. The zero-order valence-corrected chi connectivity index (χ0v) is 25.8. The van der Waals surface area contributed by atoms with E-state index in [1.165, 1.54) is 4.90 Å². The Labute approximate surface area is 270 Å². The Kier molecular flexibility index (Phi) is 8.10. The molecule has 5 heterocycles. The van der Waals surface area contributed by atoms with Crippen molar-refractivity contribution >= 4 is 34.7 Å². The van der Waals surface area contributed by atoms with E-state index in [1.807, 2.05) is 54.6 Å². The molecule has 2 fully saturated rings. The number of fused-ring (bicyclic) bond motifs is 3. The first-order valence-electron chi connectivity index (χ1n) is 15.9. The number of rotatable bonds is 5. The maximum absolute atomic E-state index is 14.6. The molecule has 244 valence electrons. The summed E-state index contributed by atoms with van der Waals surface area (Å²) in [6.45, 7) is 1.46. The molecule has 0 saturated carbocycles. The van der Waals surface area contributed by atoms with Crippen LogP contribution in [-0.4, -0.2) is 97.1 Å². The zero-order chi connectivity index (χ0) is 32.7. The molecule has 2 saturated heterocycles. The number of benzene rings is 2. The number of nitrogens with zero attached hydrogens (tertiary/aromatic N) is 5. The van der Waals surface area contributed by atoms with Gasteiger partial charge in [0.2, 0.25) is 11.8 Å². The monoisotopic (exact) mass is 640 g/mol. The maximum Gasteiger partial charge on any atom is 0.306 e. The first-order valence-corrected chi connectivity index (χ1v) is 15.9. The molecule has 13 heteroatoms. The number of esters is 1. The van der Waals surface area contributed by atoms with Gasteiger partial charge in [-0.1, -0.05) is 72.0 Å². The number of hydrogen-bond acceptors (Lipinski definition) is 9. The van der Waals surface area contributed by atoms with Gasteiger partial charge in [-0.15, -0.1) is 5.10 Å². The summed E-state index contributed by atoms with van der Waals surface area (Å²) in [6.07, 6.45) is 6.60. The van der Waals surface area contributed by atoms with Crippen LogP contribution >= 0.6 is 0 Å². The van der Waals surface area contributed by atoms with Gasteiger partial charge in [-0.3, -0.25) is 19.2 Å². The summed E-state index contributed by atoms with van der Waals surface area (Å²) < 4.78 is 13.9. The largest absolute Gasteiger partial charge is 0.463 e. The third kappa shape index (κ3) is 5.28. The van der Waals surface area contributed by atoms with Gasteiger partial charge in [0, 0.05) is 13.0 Å². The van der Waals surface area contributed by atoms with Crippen molar-refractivity contribution in [1.29, 1.82) is 0 Å². The van der Waals surface area contributed by atoms with Crippen LogP contribution in [0.3, 0.4) is 0 Å². The molecule has 1 aromatic heterocycles. The minimum absolute atomic E-state index is 0.0660. The van der Waals surface area contributed by atoms with Gasteiger partial charge >= 0.3 is 5.97 Å². The number of hydrogen-bond donors (Lipinski definition) is 2. The molecule has 4 aliphatic rings. The Bertz CT molecular complexity index is 1760. The van der Waals surface area contributed by atoms with E-state index < -0.39 is 72.0 Å². The van der Waals surface area contributed by atoms with Crippen molar-refractivity contribution < 1.29 is 33.8 Å². The van der Waals surface area contributed by atoms with Crippen LogP contribution in [0.4, 0.5) is 0 Å². The third-order valence-electron chi connectivity index (χ3n) is 9.55. The highest BCUT2D eigenvalue weighted by molar-refractivity contribution is 6.00. The molecule has 3 aromatic rings. The van der Waals surface area contributed by atoms with E-state index in [2.05, 4.69) is 15.6 Å². The van der Waals surface area contributed by atoms with Gasteiger partial charge < -0.3 is 29.7 Å². The van der Waals surface area contributed by atoms with Crippen molar-refractivity contribution in [2.75, 3.05) is 19.8 Å². The highest BCUT2D eigenvalue weighted by atomic mass is 16.5. The minimum atomic E-state index is -1.50. The number of carbonyl (C=O) groups is 4. The maximum atomic E-state index is 14.6. The Morgan fingerprint density at radius 2 is 1.83 bits per heavy atom. The molecular weight excluding hydrogens is 604 g/mol. The second-order valence-electron chi connectivity index (χ2n) is 12.4. The van der Waals surface area contributed by atoms with Crippen LogP contribution in [0, 0.1) is 11.8 Å². The lowest BCUT2D eigenvalue weighted by Crippen LogP contribution is -2.57. The van der Waals surface area contributed by atoms with Crippen LogP contribution in [0.5, 0.6) is 0 Å². The summed E-state index contributed by atoms with van der Waals surface area (Å²) in [5, 5.41) is 21.7. The molecule has 13 nitrogen and oxygen atoms in total. The van der Waals surface area contributed by atoms with E-state index in [0.29, 0.717) is 11.9 Å². The first-order chi connectivity index (χ1) is 22.8. The van der Waals surface area contributed by atoms with E-state index in [-0.39, 0.29) is 26.2 Å². The molecule has 1 spiro atoms. The molecule has 7 rings (SSSR count). The predicted octanol–water partition coefficient (Wildman–Crippen LogP) is 1.50. The van der Waals surface area contributed by atoms with Crippen LogP contribution in [-0.2, 0) is 35.3 Å². The summed E-state index contributed by atoms with van der Waals surface area (Å²) in [4.78, 5) is 58.8. The number of ether oxygens (including phenoxy) is 2. The molecule has 0 aliphatic carbocycles. The van der Waals surface area contributed by atoms with Gasteiger partial charge in [0.1, 0.15) is 30.4 Å². The molecule has 4 aliphatic heterocycles. The van der Waals surface area contributed by atoms with Crippen molar-refractivity contribution in [3.05, 3.63) is 84.5 Å². The number of carbonyl (C=O) groups excluding carboxylic acids is 4. The number of aromatic nitrogens is 3. The van der Waals surface area contributed by atoms with Crippen LogP contribution < -0.4 is 5.32 Å². The molecule has 0 bridgehead atoms. The van der Waals surface area contributed by atoms with Crippen LogP contribution in [0.15, 0.2) is 78.9 Å². The van der Waals surface area contributed by atoms with Crippen molar-refractivity contribution in [2.45, 2.75) is 56.3 Å². The third-order valence-corrected chi connectivity index (χ3v) is 9.55. The van der Waals surface area contributed by atoms with E-state index in [4.69, 9.17) is 9.47 Å². The second-order valence-corrected chi connectivity index (χ2v) is 12.4. The molecule has 0 unspecified atom stereocenters. The normalized spacial score (nSPS) is 30.8. The lowest BCUT2D eigenvalue weighted by atomic mass is 9.77. The van der Waals surface area contributed by atoms with Gasteiger partial charge in [0.05, 0.1) is 42.1 Å². The molecular formula is C34H36N6O7. The second kappa shape index (κ2) is 12.4. The van der Waals surface area contributed by atoms with Crippen LogP contribution in [0.2, 0.25) is 0 Å². The summed E-state index contributed by atoms with van der Waals surface area (Å²) in [6, 6.07) is 14.0. The van der Waals surface area contributed by atoms with Crippen molar-refractivity contribution in [3.63, 3.8) is 0 Å². The summed E-state index contributed by atoms with van der Waals surface area (Å²) >= 11 is 0. The zero-order valence-electron chi connectivity index (χ0n) is 25.8. The number of likely N-dealkylation sites (tertiary alicyclic amines) is 1. The van der Waals surface area contributed by atoms with Crippen molar-refractivity contribution in [2.24, 2.45) is 11.8 Å². The van der Waals surface area contributed by atoms with Gasteiger partial charge in [0.25, 0.3) is 5.91 Å². The van der Waals surface area contributed by atoms with Crippen molar-refractivity contribution in [3.8, 4) is 0 Å². The summed E-state index contributed by atoms with van der Waals surface area (Å²) in [7, 11) is 0. The molecule has 3 amide bonds. The van der Waals surface area contributed by atoms with E-state index in [1.54, 1.807) is 40.8 Å². The molecule has 0 radical (unpaired) electrons. The number of aliphatic hydroxyl groups excluding tert-OH is 1. The molecule has 7 atom stereocenters. The number of allylic oxidation sites excluding steroid dienone is 1. The fourth-order valence-electron chi connectivity index (χ4n) is 7.30. The Hall–Kier alpha value is -4.88. The van der Waals surface area contributed by atoms with Gasteiger partial charge in [0.15, 0.2) is 0 Å². The van der Waals surface area contributed by atoms with Crippen LogP contribution in [0.25, 0.3) is 11.0 Å². The quantitative estimate of drug-likeness (QED) is 0.312. The number of amides is 3. The van der Waals surface area contributed by atoms with E-state index in [9.17, 15) is 24.3 Å². The highest BCUT2D eigenvalue weighted by Gasteiger charge is 2.72. The molecule has 47 heavy (non-hydrogen) atoms. The summed E-state index contributed by atoms with van der Waals surface area (Å²) in [5.41, 5.74) is 0.665. The van der Waals surface area contributed by atoms with Crippen molar-refractivity contribution in [1.82, 2.24) is 30.1 Å². The van der Waals surface area contributed by atoms with Gasteiger partial charge in [-0.05, 0) is 31.0 Å². The topological polar surface area (TPSA) is 156 Å². The lowest BCUT2D eigenvalue weighted by Gasteiger charge is -2.37. The number of cyclic esters (lactones) is 1. The SMILES string of the molecule is C[C@H](CO)N1C(=O)[C@H]2[C@@H]3C(=O)N[C@@H](c4ccccc4)COC(=O)CC/C=C\[C@@H]3O[C@]23C=CCN(Cn2nnc4ccccc42)C(=O)[C@H]13. The Balaban J connectivity index is 1.28. The average molecular weight is 641 g/mol. The molecule has 2 N–H and O–H groups in total. The number of nitrogens with one attached hydrogen (secondary N) is 1. The first kappa shape index (κ1) is 30.8.